The molecule has 0 spiro atoms. The molecule has 0 radical (unpaired) electrons. The molecule has 70 valence electrons. The van der Waals surface area contributed by atoms with Crippen molar-refractivity contribution in [1.29, 1.82) is 0 Å². The maximum absolute atomic E-state index is 11.8. The van der Waals surface area contributed by atoms with Gasteiger partial charge in [0.15, 0.2) is 5.16 Å². The van der Waals surface area contributed by atoms with Crippen LogP contribution < -0.4 is 0 Å². The Labute approximate surface area is 85.1 Å². The number of carbonyl (C=O) groups is 1. The van der Waals surface area contributed by atoms with Crippen LogP contribution in [0, 0.1) is 0 Å². The second kappa shape index (κ2) is 2.60. The van der Waals surface area contributed by atoms with Gasteiger partial charge in [-0.15, -0.1) is 0 Å². The number of para-hydroxylation sites is 2. The summed E-state index contributed by atoms with van der Waals surface area (Å²) in [7, 11) is 0. The van der Waals surface area contributed by atoms with Gasteiger partial charge in [-0.3, -0.25) is 9.36 Å². The lowest BCUT2D eigenvalue weighted by Crippen LogP contribution is -2.13. The number of benzene rings is 1. The lowest BCUT2D eigenvalue weighted by molar-refractivity contribution is 0.0919. The van der Waals surface area contributed by atoms with E-state index in [0.29, 0.717) is 0 Å². The molecule has 0 fully saturated rings. The predicted octanol–water partition coefficient (Wildman–Crippen LogP) is 2.17. The van der Waals surface area contributed by atoms with Gasteiger partial charge in [-0.1, -0.05) is 23.9 Å². The first kappa shape index (κ1) is 8.05. The molecule has 1 atom stereocenters. The molecule has 0 bridgehead atoms. The monoisotopic (exact) mass is 204 g/mol. The Balaban J connectivity index is 2.38. The van der Waals surface area contributed by atoms with E-state index in [0.717, 1.165) is 16.2 Å². The number of nitrogens with zero attached hydrogens (tertiary/aromatic N) is 2. The molecule has 14 heavy (non-hydrogen) atoms. The van der Waals surface area contributed by atoms with Crippen LogP contribution in [-0.2, 0) is 0 Å². The Hall–Kier alpha value is -1.29. The van der Waals surface area contributed by atoms with E-state index < -0.39 is 0 Å². The van der Waals surface area contributed by atoms with Crippen molar-refractivity contribution in [1.82, 2.24) is 9.55 Å². The molecule has 0 aliphatic carbocycles. The fraction of sp³-hybridized carbons (Fsp3) is 0.200. The number of carbonyl (C=O) groups excluding carboxylic acids is 1. The van der Waals surface area contributed by atoms with Crippen molar-refractivity contribution in [2.45, 2.75) is 17.3 Å². The van der Waals surface area contributed by atoms with Gasteiger partial charge in [0.1, 0.15) is 0 Å². The van der Waals surface area contributed by atoms with Gasteiger partial charge in [0.2, 0.25) is 5.91 Å². The fourth-order valence-electron chi connectivity index (χ4n) is 1.69. The summed E-state index contributed by atoms with van der Waals surface area (Å²) in [6.45, 7) is 1.91. The quantitative estimate of drug-likeness (QED) is 0.659. The highest BCUT2D eigenvalue weighted by Gasteiger charge is 2.30. The molecule has 3 rings (SSSR count). The van der Waals surface area contributed by atoms with Crippen LogP contribution in [-0.4, -0.2) is 20.7 Å². The number of rotatable bonds is 0. The Morgan fingerprint density at radius 2 is 2.21 bits per heavy atom. The summed E-state index contributed by atoms with van der Waals surface area (Å²) in [6, 6.07) is 7.73. The van der Waals surface area contributed by atoms with Gasteiger partial charge < -0.3 is 0 Å². The number of hydrogen-bond acceptors (Lipinski definition) is 3. The normalized spacial score (nSPS) is 20.4. The van der Waals surface area contributed by atoms with E-state index in [1.807, 2.05) is 31.2 Å². The predicted molar refractivity (Wildman–Crippen MR) is 55.7 cm³/mol. The summed E-state index contributed by atoms with van der Waals surface area (Å²) >= 11 is 1.53. The third kappa shape index (κ3) is 0.889. The molecular weight excluding hydrogens is 196 g/mol. The Bertz CT molecular complexity index is 532. The molecule has 0 saturated heterocycles. The van der Waals surface area contributed by atoms with Crippen molar-refractivity contribution >= 4 is 28.7 Å². The molecule has 0 saturated carbocycles. The number of hydrogen-bond donors (Lipinski definition) is 0. The van der Waals surface area contributed by atoms with Crippen LogP contribution in [0.1, 0.15) is 11.7 Å². The van der Waals surface area contributed by atoms with Crippen molar-refractivity contribution in [2.24, 2.45) is 0 Å². The lowest BCUT2D eigenvalue weighted by Gasteiger charge is -1.98. The summed E-state index contributed by atoms with van der Waals surface area (Å²) < 4.78 is 1.71. The highest BCUT2D eigenvalue weighted by molar-refractivity contribution is 8.00. The Kier molecular flexibility index (Phi) is 1.50. The standard InChI is InChI=1S/C10H8N2OS/c1-6-9(13)12-8-5-3-2-4-7(8)11-10(12)14-6/h2-6H,1H3. The van der Waals surface area contributed by atoms with Crippen molar-refractivity contribution < 1.29 is 4.79 Å². The molecule has 1 unspecified atom stereocenters. The summed E-state index contributed by atoms with van der Waals surface area (Å²) in [5.74, 6) is 0.138. The van der Waals surface area contributed by atoms with Gasteiger partial charge in [-0.2, -0.15) is 0 Å². The van der Waals surface area contributed by atoms with Crippen molar-refractivity contribution in [3.63, 3.8) is 0 Å². The minimum atomic E-state index is 0.00195. The summed E-state index contributed by atoms with van der Waals surface area (Å²) in [4.78, 5) is 16.2. The van der Waals surface area contributed by atoms with Gasteiger partial charge in [0, 0.05) is 0 Å². The van der Waals surface area contributed by atoms with Crippen LogP contribution in [0.3, 0.4) is 0 Å². The van der Waals surface area contributed by atoms with Gasteiger partial charge in [-0.25, -0.2) is 4.98 Å². The maximum atomic E-state index is 11.8. The van der Waals surface area contributed by atoms with Gasteiger partial charge in [0.25, 0.3) is 0 Å². The minimum Gasteiger partial charge on any atom is -0.273 e. The first-order valence-corrected chi connectivity index (χ1v) is 5.34. The van der Waals surface area contributed by atoms with Gasteiger partial charge in [0.05, 0.1) is 16.3 Å². The third-order valence-corrected chi connectivity index (χ3v) is 3.42. The Morgan fingerprint density at radius 3 is 3.07 bits per heavy atom. The second-order valence-electron chi connectivity index (χ2n) is 3.32. The third-order valence-electron chi connectivity index (χ3n) is 2.38. The van der Waals surface area contributed by atoms with Crippen molar-refractivity contribution in [3.05, 3.63) is 24.3 Å². The van der Waals surface area contributed by atoms with E-state index in [9.17, 15) is 4.79 Å². The zero-order chi connectivity index (χ0) is 9.71. The largest absolute Gasteiger partial charge is 0.273 e. The topological polar surface area (TPSA) is 34.9 Å². The molecule has 0 N–H and O–H groups in total. The average molecular weight is 204 g/mol. The van der Waals surface area contributed by atoms with E-state index in [-0.39, 0.29) is 11.2 Å². The van der Waals surface area contributed by atoms with Crippen molar-refractivity contribution in [3.8, 4) is 0 Å². The fourth-order valence-corrected chi connectivity index (χ4v) is 2.65. The van der Waals surface area contributed by atoms with E-state index in [1.165, 1.54) is 11.8 Å². The minimum absolute atomic E-state index is 0.00195. The maximum Gasteiger partial charge on any atom is 0.246 e. The SMILES string of the molecule is CC1Sc2nc3ccccc3n2C1=O. The zero-order valence-corrected chi connectivity index (χ0v) is 8.41. The molecule has 1 aliphatic rings. The first-order chi connectivity index (χ1) is 6.77. The summed E-state index contributed by atoms with van der Waals surface area (Å²) in [6.07, 6.45) is 0. The van der Waals surface area contributed by atoms with Crippen LogP contribution in [0.4, 0.5) is 0 Å². The summed E-state index contributed by atoms with van der Waals surface area (Å²) in [5, 5.41) is 0.825. The van der Waals surface area contributed by atoms with Crippen molar-refractivity contribution in [2.75, 3.05) is 0 Å². The van der Waals surface area contributed by atoms with E-state index in [2.05, 4.69) is 4.98 Å². The van der Waals surface area contributed by atoms with E-state index in [4.69, 9.17) is 0 Å². The summed E-state index contributed by atoms with van der Waals surface area (Å²) in [5.41, 5.74) is 1.82. The van der Waals surface area contributed by atoms with Gasteiger partial charge in [-0.05, 0) is 19.1 Å². The molecule has 1 aromatic heterocycles. The van der Waals surface area contributed by atoms with Crippen LogP contribution >= 0.6 is 11.8 Å². The highest BCUT2D eigenvalue weighted by atomic mass is 32.2. The number of aromatic nitrogens is 2. The lowest BCUT2D eigenvalue weighted by atomic mass is 10.3. The number of imidazole rings is 1. The molecule has 1 aromatic carbocycles. The zero-order valence-electron chi connectivity index (χ0n) is 7.60. The number of fused-ring (bicyclic) bond motifs is 3. The molecule has 2 heterocycles. The van der Waals surface area contributed by atoms with E-state index >= 15 is 0 Å². The Morgan fingerprint density at radius 1 is 1.43 bits per heavy atom. The second-order valence-corrected chi connectivity index (χ2v) is 4.62. The highest BCUT2D eigenvalue weighted by Crippen LogP contribution is 2.34. The smallest absolute Gasteiger partial charge is 0.246 e. The molecule has 4 heteroatoms. The average Bonchev–Trinajstić information content (AvgIpc) is 2.65. The molecule has 1 aliphatic heterocycles. The molecule has 0 amide bonds. The van der Waals surface area contributed by atoms with Crippen LogP contribution in [0.15, 0.2) is 29.4 Å². The molecule has 3 nitrogen and oxygen atoms in total. The van der Waals surface area contributed by atoms with Gasteiger partial charge >= 0.3 is 0 Å². The van der Waals surface area contributed by atoms with Crippen LogP contribution in [0.2, 0.25) is 0 Å². The number of thioether (sulfide) groups is 1. The van der Waals surface area contributed by atoms with Crippen LogP contribution in [0.5, 0.6) is 0 Å². The van der Waals surface area contributed by atoms with Crippen LogP contribution in [0.25, 0.3) is 11.0 Å². The molecular formula is C10H8N2OS. The first-order valence-electron chi connectivity index (χ1n) is 4.46. The molecule has 2 aromatic rings. The van der Waals surface area contributed by atoms with E-state index in [1.54, 1.807) is 4.57 Å².